The second-order valence-electron chi connectivity index (χ2n) is 4.35. The Labute approximate surface area is 123 Å². The number of rotatable bonds is 3. The Morgan fingerprint density at radius 1 is 1.35 bits per heavy atom. The van der Waals surface area contributed by atoms with Gasteiger partial charge >= 0.3 is 0 Å². The van der Waals surface area contributed by atoms with Crippen molar-refractivity contribution in [3.05, 3.63) is 40.9 Å². The van der Waals surface area contributed by atoms with Crippen LogP contribution in [-0.2, 0) is 20.6 Å². The van der Waals surface area contributed by atoms with Gasteiger partial charge in [0, 0.05) is 11.8 Å². The van der Waals surface area contributed by atoms with Crippen LogP contribution in [0.3, 0.4) is 0 Å². The van der Waals surface area contributed by atoms with E-state index in [1.807, 2.05) is 37.3 Å². The highest BCUT2D eigenvalue weighted by Crippen LogP contribution is 2.42. The average Bonchev–Trinajstić information content (AvgIpc) is 3.07. The fourth-order valence-electron chi connectivity index (χ4n) is 2.04. The zero-order chi connectivity index (χ0) is 14.2. The second-order valence-corrected chi connectivity index (χ2v) is 6.81. The molecule has 104 valence electrons. The Balaban J connectivity index is 2.10. The van der Waals surface area contributed by atoms with Crippen LogP contribution in [0.25, 0.3) is 10.6 Å². The van der Waals surface area contributed by atoms with E-state index < -0.39 is 15.9 Å². The minimum absolute atomic E-state index is 0.136. The van der Waals surface area contributed by atoms with Gasteiger partial charge in [-0.1, -0.05) is 30.3 Å². The van der Waals surface area contributed by atoms with Gasteiger partial charge in [0.1, 0.15) is 5.01 Å². The summed E-state index contributed by atoms with van der Waals surface area (Å²) in [4.78, 5) is 5.32. The topological polar surface area (TPSA) is 63.9 Å². The normalized spacial score (nSPS) is 23.1. The average molecular weight is 307 g/mol. The van der Waals surface area contributed by atoms with Gasteiger partial charge in [-0.25, -0.2) is 4.98 Å². The molecular weight excluding hydrogens is 294 g/mol. The van der Waals surface area contributed by atoms with Crippen LogP contribution in [0, 0.1) is 6.92 Å². The van der Waals surface area contributed by atoms with Crippen molar-refractivity contribution in [2.45, 2.75) is 12.0 Å². The Bertz CT molecular complexity index is 684. The number of hydrogen-bond acceptors (Lipinski definition) is 6. The number of aryl methyl sites for hydroxylation is 1. The van der Waals surface area contributed by atoms with Crippen molar-refractivity contribution < 1.29 is 8.95 Å². The molecule has 1 aromatic heterocycles. The van der Waals surface area contributed by atoms with E-state index in [0.717, 1.165) is 21.1 Å². The van der Waals surface area contributed by atoms with E-state index in [0.29, 0.717) is 0 Å². The molecule has 2 heterocycles. The molecule has 0 fully saturated rings. The minimum atomic E-state index is -1.32. The van der Waals surface area contributed by atoms with Crippen molar-refractivity contribution in [3.8, 4) is 10.6 Å². The molecule has 0 amide bonds. The maximum atomic E-state index is 12.1. The van der Waals surface area contributed by atoms with Crippen LogP contribution in [0.15, 0.2) is 40.6 Å². The predicted octanol–water partition coefficient (Wildman–Crippen LogP) is 3.05. The molecule has 2 aromatic rings. The van der Waals surface area contributed by atoms with Crippen LogP contribution < -0.4 is 0 Å². The summed E-state index contributed by atoms with van der Waals surface area (Å²) in [5.74, 6) is 0. The summed E-state index contributed by atoms with van der Waals surface area (Å²) in [6.45, 7) is 2.02. The lowest BCUT2D eigenvalue weighted by atomic mass is 10.2. The molecule has 1 aliphatic heterocycles. The van der Waals surface area contributed by atoms with E-state index in [1.165, 1.54) is 11.3 Å². The van der Waals surface area contributed by atoms with Gasteiger partial charge in [-0.2, -0.15) is 5.11 Å². The predicted molar refractivity (Wildman–Crippen MR) is 78.8 cm³/mol. The molecule has 7 heteroatoms. The van der Waals surface area contributed by atoms with Crippen LogP contribution in [0.4, 0.5) is 0 Å². The van der Waals surface area contributed by atoms with Gasteiger partial charge in [0.15, 0.2) is 6.73 Å². The third-order valence-electron chi connectivity index (χ3n) is 3.01. The molecule has 0 spiro atoms. The van der Waals surface area contributed by atoms with Crippen molar-refractivity contribution in [2.75, 3.05) is 13.0 Å². The third kappa shape index (κ3) is 2.11. The van der Waals surface area contributed by atoms with E-state index in [9.17, 15) is 4.21 Å². The number of azo groups is 1. The summed E-state index contributed by atoms with van der Waals surface area (Å²) < 4.78 is 17.6. The fraction of sp³-hybridized carbons (Fsp3) is 0.308. The summed E-state index contributed by atoms with van der Waals surface area (Å²) in [5, 5.41) is 7.61. The largest absolute Gasteiger partial charge is 0.313 e. The van der Waals surface area contributed by atoms with Gasteiger partial charge in [0.2, 0.25) is 0 Å². The maximum Gasteiger partial charge on any atom is 0.293 e. The molecule has 0 N–H and O–H groups in total. The van der Waals surface area contributed by atoms with E-state index in [4.69, 9.17) is 4.74 Å². The van der Waals surface area contributed by atoms with Crippen LogP contribution in [0.2, 0.25) is 0 Å². The van der Waals surface area contributed by atoms with Crippen molar-refractivity contribution in [1.29, 1.82) is 0 Å². The second kappa shape index (κ2) is 5.16. The molecule has 2 atom stereocenters. The Kier molecular flexibility index (Phi) is 3.49. The fourth-order valence-corrected chi connectivity index (χ4v) is 4.37. The molecule has 0 radical (unpaired) electrons. The quantitative estimate of drug-likeness (QED) is 0.875. The van der Waals surface area contributed by atoms with E-state index >= 15 is 0 Å². The van der Waals surface area contributed by atoms with Gasteiger partial charge in [0.05, 0.1) is 21.4 Å². The molecule has 5 nitrogen and oxygen atoms in total. The molecule has 0 aliphatic carbocycles. The summed E-state index contributed by atoms with van der Waals surface area (Å²) in [7, 11) is -1.32. The molecular formula is C13H13N3O2S2. The Morgan fingerprint density at radius 2 is 2.10 bits per heavy atom. The lowest BCUT2D eigenvalue weighted by Gasteiger charge is -2.19. The zero-order valence-electron chi connectivity index (χ0n) is 11.1. The SMILES string of the molecule is Cc1nc(-c2ccccc2)sc1C1(S(C)=O)N=NCO1. The van der Waals surface area contributed by atoms with Crippen LogP contribution in [0.1, 0.15) is 10.6 Å². The molecule has 0 bridgehead atoms. The number of nitrogens with zero attached hydrogens (tertiary/aromatic N) is 3. The van der Waals surface area contributed by atoms with Crippen molar-refractivity contribution in [1.82, 2.24) is 4.98 Å². The van der Waals surface area contributed by atoms with E-state index in [2.05, 4.69) is 15.2 Å². The minimum Gasteiger partial charge on any atom is -0.313 e. The highest BCUT2D eigenvalue weighted by Gasteiger charge is 2.44. The van der Waals surface area contributed by atoms with Crippen LogP contribution >= 0.6 is 11.3 Å². The lowest BCUT2D eigenvalue weighted by Crippen LogP contribution is -2.28. The maximum absolute atomic E-state index is 12.1. The summed E-state index contributed by atoms with van der Waals surface area (Å²) in [6, 6.07) is 9.88. The lowest BCUT2D eigenvalue weighted by molar-refractivity contribution is 0.0686. The molecule has 2 unspecified atom stereocenters. The smallest absolute Gasteiger partial charge is 0.293 e. The van der Waals surface area contributed by atoms with E-state index in [1.54, 1.807) is 6.26 Å². The first-order chi connectivity index (χ1) is 9.63. The summed E-state index contributed by atoms with van der Waals surface area (Å²) >= 11 is 1.45. The molecule has 0 saturated carbocycles. The molecule has 1 aliphatic rings. The molecule has 3 rings (SSSR count). The van der Waals surface area contributed by atoms with Crippen molar-refractivity contribution in [2.24, 2.45) is 10.2 Å². The first-order valence-electron chi connectivity index (χ1n) is 6.03. The summed E-state index contributed by atoms with van der Waals surface area (Å²) in [5.41, 5.74) is 1.81. The van der Waals surface area contributed by atoms with Crippen molar-refractivity contribution in [3.63, 3.8) is 0 Å². The molecule has 0 saturated heterocycles. The Hall–Kier alpha value is -1.44. The Morgan fingerprint density at radius 3 is 2.70 bits per heavy atom. The first-order valence-corrected chi connectivity index (χ1v) is 8.40. The van der Waals surface area contributed by atoms with Gasteiger partial charge in [0.25, 0.3) is 5.06 Å². The monoisotopic (exact) mass is 307 g/mol. The van der Waals surface area contributed by atoms with Crippen LogP contribution in [-0.4, -0.2) is 22.2 Å². The highest BCUT2D eigenvalue weighted by atomic mass is 32.2. The van der Waals surface area contributed by atoms with Gasteiger partial charge in [-0.15, -0.1) is 16.5 Å². The number of thiazole rings is 1. The highest BCUT2D eigenvalue weighted by molar-refractivity contribution is 7.85. The molecule has 20 heavy (non-hydrogen) atoms. The van der Waals surface area contributed by atoms with E-state index in [-0.39, 0.29) is 6.73 Å². The number of ether oxygens (including phenoxy) is 1. The number of aromatic nitrogens is 1. The van der Waals surface area contributed by atoms with Gasteiger partial charge in [-0.05, 0) is 6.92 Å². The zero-order valence-corrected chi connectivity index (χ0v) is 12.7. The van der Waals surface area contributed by atoms with Crippen molar-refractivity contribution >= 4 is 22.1 Å². The standard InChI is InChI=1S/C13H13N3O2S2/c1-9-11(13(20(2)17)16-14-8-18-13)19-12(15-9)10-6-4-3-5-7-10/h3-7H,8H2,1-2H3. The number of benzene rings is 1. The number of hydrogen-bond donors (Lipinski definition) is 0. The van der Waals surface area contributed by atoms with Gasteiger partial charge in [-0.3, -0.25) is 4.21 Å². The third-order valence-corrected chi connectivity index (χ3v) is 5.62. The molecule has 1 aromatic carbocycles. The first kappa shape index (κ1) is 13.5. The van der Waals surface area contributed by atoms with Crippen LogP contribution in [0.5, 0.6) is 0 Å². The summed E-state index contributed by atoms with van der Waals surface area (Å²) in [6.07, 6.45) is 1.58. The van der Waals surface area contributed by atoms with Gasteiger partial charge < -0.3 is 4.74 Å².